The molecule has 5 heteroatoms. The first-order valence-electron chi connectivity index (χ1n) is 7.90. The third-order valence-electron chi connectivity index (χ3n) is 4.28. The normalized spacial score (nSPS) is 17.2. The highest BCUT2D eigenvalue weighted by molar-refractivity contribution is 7.07. The average molecular weight is 335 g/mol. The Bertz CT molecular complexity index is 852. The summed E-state index contributed by atoms with van der Waals surface area (Å²) in [5.41, 5.74) is 4.88. The molecule has 0 saturated carbocycles. The van der Waals surface area contributed by atoms with Crippen LogP contribution in [0, 0.1) is 0 Å². The van der Waals surface area contributed by atoms with Gasteiger partial charge in [0.1, 0.15) is 0 Å². The lowest BCUT2D eigenvalue weighted by molar-refractivity contribution is -0.128. The topological polar surface area (TPSA) is 38.1 Å². The van der Waals surface area contributed by atoms with Gasteiger partial charge in [0.25, 0.3) is 0 Å². The minimum absolute atomic E-state index is 0.0179. The fourth-order valence-electron chi connectivity index (χ4n) is 3.16. The van der Waals surface area contributed by atoms with Crippen molar-refractivity contribution in [2.24, 2.45) is 0 Å². The van der Waals surface area contributed by atoms with Crippen LogP contribution in [0.4, 0.5) is 0 Å². The van der Waals surface area contributed by atoms with Gasteiger partial charge >= 0.3 is 0 Å². The van der Waals surface area contributed by atoms with Crippen molar-refractivity contribution in [2.45, 2.75) is 12.6 Å². The number of thiazole rings is 1. The maximum Gasteiger partial charge on any atom is 0.247 e. The van der Waals surface area contributed by atoms with Crippen LogP contribution in [0.1, 0.15) is 23.0 Å². The van der Waals surface area contributed by atoms with Crippen LogP contribution in [0.25, 0.3) is 6.08 Å². The van der Waals surface area contributed by atoms with Crippen LogP contribution in [-0.4, -0.2) is 26.9 Å². The van der Waals surface area contributed by atoms with E-state index in [1.54, 1.807) is 17.7 Å². The first kappa shape index (κ1) is 14.9. The number of carbonyl (C=O) groups excluding carboxylic acids is 1. The van der Waals surface area contributed by atoms with Gasteiger partial charge in [-0.2, -0.15) is 0 Å². The first-order chi connectivity index (χ1) is 11.8. The monoisotopic (exact) mass is 335 g/mol. The van der Waals surface area contributed by atoms with E-state index in [0.717, 1.165) is 23.5 Å². The number of rotatable bonds is 3. The molecule has 0 saturated heterocycles. The maximum absolute atomic E-state index is 12.8. The molecule has 120 valence electrons. The SMILES string of the molecule is O=C(/C=C/c1cscn1)N1CCn2cccc2[C@@H]1c1ccccc1. The van der Waals surface area contributed by atoms with Crippen molar-refractivity contribution in [1.29, 1.82) is 0 Å². The molecule has 0 unspecified atom stereocenters. The molecule has 1 aliphatic heterocycles. The molecule has 1 atom stereocenters. The third-order valence-corrected chi connectivity index (χ3v) is 4.89. The summed E-state index contributed by atoms with van der Waals surface area (Å²) in [7, 11) is 0. The van der Waals surface area contributed by atoms with E-state index in [4.69, 9.17) is 0 Å². The summed E-state index contributed by atoms with van der Waals surface area (Å²) >= 11 is 1.53. The fraction of sp³-hybridized carbons (Fsp3) is 0.158. The van der Waals surface area contributed by atoms with Crippen LogP contribution in [-0.2, 0) is 11.3 Å². The molecule has 0 aliphatic carbocycles. The number of fused-ring (bicyclic) bond motifs is 1. The number of carbonyl (C=O) groups is 1. The molecule has 1 aliphatic rings. The van der Waals surface area contributed by atoms with Crippen molar-refractivity contribution in [1.82, 2.24) is 14.5 Å². The van der Waals surface area contributed by atoms with Crippen LogP contribution < -0.4 is 0 Å². The van der Waals surface area contributed by atoms with E-state index in [1.807, 2.05) is 34.5 Å². The fourth-order valence-corrected chi connectivity index (χ4v) is 3.69. The van der Waals surface area contributed by atoms with Crippen LogP contribution in [0.2, 0.25) is 0 Å². The van der Waals surface area contributed by atoms with Gasteiger partial charge in [0.15, 0.2) is 0 Å². The zero-order valence-corrected chi connectivity index (χ0v) is 13.9. The molecule has 0 bridgehead atoms. The molecule has 3 heterocycles. The van der Waals surface area contributed by atoms with E-state index in [-0.39, 0.29) is 11.9 Å². The van der Waals surface area contributed by atoms with E-state index in [9.17, 15) is 4.79 Å². The van der Waals surface area contributed by atoms with E-state index in [1.165, 1.54) is 11.3 Å². The largest absolute Gasteiger partial charge is 0.348 e. The molecule has 0 spiro atoms. The highest BCUT2D eigenvalue weighted by Crippen LogP contribution is 2.32. The van der Waals surface area contributed by atoms with Crippen molar-refractivity contribution >= 4 is 23.3 Å². The Kier molecular flexibility index (Phi) is 4.01. The maximum atomic E-state index is 12.8. The van der Waals surface area contributed by atoms with Gasteiger partial charge in [-0.15, -0.1) is 11.3 Å². The molecule has 0 N–H and O–H groups in total. The lowest BCUT2D eigenvalue weighted by Gasteiger charge is -2.36. The molecular weight excluding hydrogens is 318 g/mol. The Hall–Kier alpha value is -2.66. The Morgan fingerprint density at radius 1 is 1.17 bits per heavy atom. The second kappa shape index (κ2) is 6.45. The van der Waals surface area contributed by atoms with Crippen molar-refractivity contribution < 1.29 is 4.79 Å². The minimum atomic E-state index is -0.0532. The summed E-state index contributed by atoms with van der Waals surface area (Å²) in [6, 6.07) is 14.3. The number of nitrogens with zero attached hydrogens (tertiary/aromatic N) is 3. The molecule has 3 aromatic rings. The lowest BCUT2D eigenvalue weighted by atomic mass is 10.00. The van der Waals surface area contributed by atoms with Crippen LogP contribution in [0.5, 0.6) is 0 Å². The van der Waals surface area contributed by atoms with Crippen LogP contribution in [0.15, 0.2) is 65.6 Å². The van der Waals surface area contributed by atoms with Gasteiger partial charge in [-0.1, -0.05) is 30.3 Å². The van der Waals surface area contributed by atoms with Gasteiger partial charge in [0.05, 0.1) is 17.2 Å². The van der Waals surface area contributed by atoms with Gasteiger partial charge in [0, 0.05) is 36.4 Å². The summed E-state index contributed by atoms with van der Waals surface area (Å²) in [5.74, 6) is 0.0179. The quantitative estimate of drug-likeness (QED) is 0.686. The summed E-state index contributed by atoms with van der Waals surface area (Å²) < 4.78 is 2.23. The number of aromatic nitrogens is 2. The molecular formula is C19H17N3OS. The van der Waals surface area contributed by atoms with Crippen molar-refractivity contribution in [3.8, 4) is 0 Å². The van der Waals surface area contributed by atoms with Crippen molar-refractivity contribution in [3.05, 3.63) is 82.6 Å². The molecule has 4 rings (SSSR count). The zero-order chi connectivity index (χ0) is 16.4. The standard InChI is InChI=1S/C19H17N3OS/c23-18(9-8-16-13-24-14-20-16)22-12-11-21-10-4-7-17(21)19(22)15-5-2-1-3-6-15/h1-10,13-14,19H,11-12H2/b9-8+/t19-/m0/s1. The molecule has 1 aromatic carbocycles. The highest BCUT2D eigenvalue weighted by Gasteiger charge is 2.30. The Balaban J connectivity index is 1.67. The van der Waals surface area contributed by atoms with Gasteiger partial charge < -0.3 is 9.47 Å². The summed E-state index contributed by atoms with van der Waals surface area (Å²) in [4.78, 5) is 18.9. The minimum Gasteiger partial charge on any atom is -0.348 e. The van der Waals surface area contributed by atoms with Crippen molar-refractivity contribution in [3.63, 3.8) is 0 Å². The molecule has 2 aromatic heterocycles. The number of hydrogen-bond acceptors (Lipinski definition) is 3. The predicted octanol–water partition coefficient (Wildman–Crippen LogP) is 3.59. The van der Waals surface area contributed by atoms with E-state index in [0.29, 0.717) is 6.54 Å². The van der Waals surface area contributed by atoms with E-state index in [2.05, 4.69) is 33.9 Å². The number of benzene rings is 1. The Morgan fingerprint density at radius 2 is 2.04 bits per heavy atom. The molecule has 4 nitrogen and oxygen atoms in total. The predicted molar refractivity (Wildman–Crippen MR) is 95.6 cm³/mol. The van der Waals surface area contributed by atoms with Gasteiger partial charge in [-0.05, 0) is 23.8 Å². The smallest absolute Gasteiger partial charge is 0.247 e. The summed E-state index contributed by atoms with van der Waals surface area (Å²) in [6.07, 6.45) is 5.50. The van der Waals surface area contributed by atoms with E-state index >= 15 is 0 Å². The van der Waals surface area contributed by atoms with Crippen LogP contribution in [0.3, 0.4) is 0 Å². The second-order valence-corrected chi connectivity index (χ2v) is 6.44. The molecule has 0 fully saturated rings. The van der Waals surface area contributed by atoms with Gasteiger partial charge in [-0.25, -0.2) is 4.98 Å². The molecule has 0 radical (unpaired) electrons. The summed E-state index contributed by atoms with van der Waals surface area (Å²) in [6.45, 7) is 1.52. The Morgan fingerprint density at radius 3 is 2.83 bits per heavy atom. The van der Waals surface area contributed by atoms with Crippen molar-refractivity contribution in [2.75, 3.05) is 6.54 Å². The molecule has 24 heavy (non-hydrogen) atoms. The van der Waals surface area contributed by atoms with Gasteiger partial charge in [-0.3, -0.25) is 4.79 Å². The third kappa shape index (κ3) is 2.78. The van der Waals surface area contributed by atoms with E-state index < -0.39 is 0 Å². The Labute approximate surface area is 144 Å². The lowest BCUT2D eigenvalue weighted by Crippen LogP contribution is -2.41. The first-order valence-corrected chi connectivity index (χ1v) is 8.84. The zero-order valence-electron chi connectivity index (χ0n) is 13.1. The summed E-state index contributed by atoms with van der Waals surface area (Å²) in [5, 5.41) is 1.93. The average Bonchev–Trinajstić information content (AvgIpc) is 3.30. The van der Waals surface area contributed by atoms with Crippen LogP contribution >= 0.6 is 11.3 Å². The van der Waals surface area contributed by atoms with Gasteiger partial charge in [0.2, 0.25) is 5.91 Å². The molecule has 1 amide bonds. The number of amides is 1. The number of hydrogen-bond donors (Lipinski definition) is 0. The highest BCUT2D eigenvalue weighted by atomic mass is 32.1. The second-order valence-electron chi connectivity index (χ2n) is 5.72.